The van der Waals surface area contributed by atoms with E-state index >= 15 is 0 Å². The van der Waals surface area contributed by atoms with Crippen LogP contribution in [0.5, 0.6) is 5.75 Å². The highest BCUT2D eigenvalue weighted by molar-refractivity contribution is 5.42. The normalized spacial score (nSPS) is 20.4. The first-order valence-corrected chi connectivity index (χ1v) is 4.06. The Kier molecular flexibility index (Phi) is 1.73. The molecule has 0 fully saturated rings. The molecule has 70 valence electrons. The number of phenolic OH excluding ortho intramolecular Hbond substituents is 1. The zero-order valence-corrected chi connectivity index (χ0v) is 6.85. The number of rotatable bonds is 0. The van der Waals surface area contributed by atoms with Crippen molar-refractivity contribution in [3.05, 3.63) is 28.8 Å². The maximum absolute atomic E-state index is 13.2. The Labute approximate surface area is 74.0 Å². The van der Waals surface area contributed by atoms with Crippen LogP contribution in [0.2, 0.25) is 0 Å². The topological polar surface area (TPSA) is 46.2 Å². The van der Waals surface area contributed by atoms with Gasteiger partial charge in [0, 0.05) is 6.04 Å². The number of hydrogen-bond acceptors (Lipinski definition) is 2. The zero-order valence-electron chi connectivity index (χ0n) is 6.85. The Bertz CT molecular complexity index is 365. The number of aromatic hydroxyl groups is 1. The molecule has 0 heterocycles. The third-order valence-corrected chi connectivity index (χ3v) is 2.43. The zero-order chi connectivity index (χ0) is 9.59. The number of nitrogens with two attached hydrogens (primary N) is 1. The Morgan fingerprint density at radius 1 is 1.46 bits per heavy atom. The van der Waals surface area contributed by atoms with E-state index in [2.05, 4.69) is 0 Å². The van der Waals surface area contributed by atoms with Crippen molar-refractivity contribution in [2.75, 3.05) is 0 Å². The first-order valence-electron chi connectivity index (χ1n) is 4.06. The van der Waals surface area contributed by atoms with Crippen molar-refractivity contribution in [1.82, 2.24) is 0 Å². The van der Waals surface area contributed by atoms with E-state index in [4.69, 9.17) is 10.8 Å². The van der Waals surface area contributed by atoms with E-state index in [1.165, 1.54) is 0 Å². The molecular weight excluding hydrogens is 176 g/mol. The molecule has 0 radical (unpaired) electrons. The predicted octanol–water partition coefficient (Wildman–Crippen LogP) is 1.62. The van der Waals surface area contributed by atoms with Gasteiger partial charge in [0.15, 0.2) is 17.4 Å². The molecule has 1 aliphatic carbocycles. The molecule has 0 bridgehead atoms. The average Bonchev–Trinajstić information content (AvgIpc) is 2.45. The highest BCUT2D eigenvalue weighted by atomic mass is 19.1. The molecule has 4 heteroatoms. The van der Waals surface area contributed by atoms with Gasteiger partial charge < -0.3 is 10.8 Å². The summed E-state index contributed by atoms with van der Waals surface area (Å²) in [6.45, 7) is 0. The summed E-state index contributed by atoms with van der Waals surface area (Å²) < 4.78 is 26.1. The third-order valence-electron chi connectivity index (χ3n) is 2.43. The lowest BCUT2D eigenvalue weighted by atomic mass is 10.1. The summed E-state index contributed by atoms with van der Waals surface area (Å²) in [5, 5.41) is 8.97. The maximum atomic E-state index is 13.2. The van der Waals surface area contributed by atoms with Crippen LogP contribution in [0.25, 0.3) is 0 Å². The van der Waals surface area contributed by atoms with Gasteiger partial charge in [-0.25, -0.2) is 8.78 Å². The van der Waals surface area contributed by atoms with Crippen molar-refractivity contribution < 1.29 is 13.9 Å². The van der Waals surface area contributed by atoms with Gasteiger partial charge in [0.1, 0.15) is 0 Å². The van der Waals surface area contributed by atoms with E-state index in [-0.39, 0.29) is 6.04 Å². The van der Waals surface area contributed by atoms with E-state index in [1.807, 2.05) is 0 Å². The van der Waals surface area contributed by atoms with Crippen LogP contribution in [0, 0.1) is 11.6 Å². The van der Waals surface area contributed by atoms with Crippen LogP contribution in [-0.4, -0.2) is 5.11 Å². The first kappa shape index (κ1) is 8.44. The van der Waals surface area contributed by atoms with Crippen molar-refractivity contribution in [2.24, 2.45) is 5.73 Å². The molecule has 0 saturated carbocycles. The lowest BCUT2D eigenvalue weighted by molar-refractivity contribution is 0.393. The Hall–Kier alpha value is -1.16. The molecule has 3 N–H and O–H groups in total. The third kappa shape index (κ3) is 1.09. The van der Waals surface area contributed by atoms with Crippen LogP contribution < -0.4 is 5.73 Å². The van der Waals surface area contributed by atoms with Crippen molar-refractivity contribution in [1.29, 1.82) is 0 Å². The van der Waals surface area contributed by atoms with Gasteiger partial charge in [-0.3, -0.25) is 0 Å². The van der Waals surface area contributed by atoms with Crippen LogP contribution in [0.15, 0.2) is 6.07 Å². The second kappa shape index (κ2) is 2.67. The minimum atomic E-state index is -0.936. The summed E-state index contributed by atoms with van der Waals surface area (Å²) in [5.41, 5.74) is 6.45. The Morgan fingerprint density at radius 3 is 2.85 bits per heavy atom. The van der Waals surface area contributed by atoms with Crippen molar-refractivity contribution in [3.63, 3.8) is 0 Å². The van der Waals surface area contributed by atoms with Crippen molar-refractivity contribution >= 4 is 0 Å². The molecule has 1 aliphatic rings. The first-order chi connectivity index (χ1) is 6.11. The van der Waals surface area contributed by atoms with Gasteiger partial charge in [0.05, 0.1) is 0 Å². The van der Waals surface area contributed by atoms with E-state index in [0.717, 1.165) is 6.07 Å². The van der Waals surface area contributed by atoms with Crippen LogP contribution in [-0.2, 0) is 6.42 Å². The van der Waals surface area contributed by atoms with Crippen molar-refractivity contribution in [3.8, 4) is 5.75 Å². The Balaban J connectivity index is 2.67. The van der Waals surface area contributed by atoms with E-state index in [1.54, 1.807) is 0 Å². The summed E-state index contributed by atoms with van der Waals surface area (Å²) in [6.07, 6.45) is 1.07. The summed E-state index contributed by atoms with van der Waals surface area (Å²) >= 11 is 0. The highest BCUT2D eigenvalue weighted by Gasteiger charge is 2.26. The fourth-order valence-corrected chi connectivity index (χ4v) is 1.71. The Morgan fingerprint density at radius 2 is 2.15 bits per heavy atom. The molecule has 0 aromatic heterocycles. The lowest BCUT2D eigenvalue weighted by Gasteiger charge is -2.06. The van der Waals surface area contributed by atoms with Crippen LogP contribution in [0.1, 0.15) is 23.6 Å². The number of fused-ring (bicyclic) bond motifs is 1. The monoisotopic (exact) mass is 185 g/mol. The van der Waals surface area contributed by atoms with E-state index in [0.29, 0.717) is 24.0 Å². The second-order valence-electron chi connectivity index (χ2n) is 3.23. The van der Waals surface area contributed by atoms with Gasteiger partial charge in [0.2, 0.25) is 0 Å². The molecule has 2 rings (SSSR count). The molecule has 2 nitrogen and oxygen atoms in total. The number of phenols is 1. The SMILES string of the molecule is N[C@@H]1CCc2c1cc(F)c(O)c2F. The average molecular weight is 185 g/mol. The van der Waals surface area contributed by atoms with Crippen LogP contribution in [0.3, 0.4) is 0 Å². The largest absolute Gasteiger partial charge is 0.503 e. The lowest BCUT2D eigenvalue weighted by Crippen LogP contribution is -2.06. The molecule has 13 heavy (non-hydrogen) atoms. The minimum absolute atomic E-state index is 0.306. The van der Waals surface area contributed by atoms with Gasteiger partial charge in [0.25, 0.3) is 0 Å². The standard InChI is InChI=1S/C9H9F2NO/c10-6-3-5-4(1-2-7(5)12)8(11)9(6)13/h3,7,13H,1-2,12H2/t7-/m1/s1. The van der Waals surface area contributed by atoms with Gasteiger partial charge >= 0.3 is 0 Å². The minimum Gasteiger partial charge on any atom is -0.503 e. The van der Waals surface area contributed by atoms with Crippen LogP contribution in [0.4, 0.5) is 8.78 Å². The fraction of sp³-hybridized carbons (Fsp3) is 0.333. The number of hydrogen-bond donors (Lipinski definition) is 2. The smallest absolute Gasteiger partial charge is 0.188 e. The predicted molar refractivity (Wildman–Crippen MR) is 43.3 cm³/mol. The molecule has 1 aromatic rings. The van der Waals surface area contributed by atoms with Gasteiger partial charge in [-0.05, 0) is 30.0 Å². The molecule has 0 saturated heterocycles. The number of halogens is 2. The van der Waals surface area contributed by atoms with E-state index in [9.17, 15) is 8.78 Å². The maximum Gasteiger partial charge on any atom is 0.188 e. The highest BCUT2D eigenvalue weighted by Crippen LogP contribution is 2.36. The summed E-state index contributed by atoms with van der Waals surface area (Å²) in [5.74, 6) is -2.69. The molecule has 0 spiro atoms. The van der Waals surface area contributed by atoms with Gasteiger partial charge in [-0.2, -0.15) is 0 Å². The molecular formula is C9H9F2NO. The van der Waals surface area contributed by atoms with Crippen LogP contribution >= 0.6 is 0 Å². The molecule has 1 aromatic carbocycles. The number of benzene rings is 1. The quantitative estimate of drug-likeness (QED) is 0.645. The second-order valence-corrected chi connectivity index (χ2v) is 3.23. The van der Waals surface area contributed by atoms with E-state index < -0.39 is 17.4 Å². The summed E-state index contributed by atoms with van der Waals surface area (Å²) in [6, 6.07) is 0.811. The molecule has 0 unspecified atom stereocenters. The summed E-state index contributed by atoms with van der Waals surface area (Å²) in [4.78, 5) is 0. The van der Waals surface area contributed by atoms with Gasteiger partial charge in [-0.15, -0.1) is 0 Å². The van der Waals surface area contributed by atoms with Gasteiger partial charge in [-0.1, -0.05) is 0 Å². The molecule has 1 atom stereocenters. The molecule has 0 aliphatic heterocycles. The fourth-order valence-electron chi connectivity index (χ4n) is 1.71. The van der Waals surface area contributed by atoms with Crippen molar-refractivity contribution in [2.45, 2.75) is 18.9 Å². The summed E-state index contributed by atoms with van der Waals surface area (Å²) in [7, 11) is 0. The molecule has 0 amide bonds.